The molecule has 5 aromatic rings. The largest absolute Gasteiger partial charge is 0.465 e. The van der Waals surface area contributed by atoms with Crippen LogP contribution in [0.3, 0.4) is 0 Å². The van der Waals surface area contributed by atoms with Crippen molar-refractivity contribution in [3.63, 3.8) is 0 Å². The number of thiazole rings is 1. The van der Waals surface area contributed by atoms with E-state index < -0.39 is 11.6 Å². The Kier molecular flexibility index (Phi) is 6.37. The van der Waals surface area contributed by atoms with Crippen LogP contribution in [0, 0.1) is 6.92 Å². The van der Waals surface area contributed by atoms with Gasteiger partial charge in [0.15, 0.2) is 0 Å². The van der Waals surface area contributed by atoms with E-state index in [1.807, 2.05) is 43.3 Å². The number of aromatic nitrogens is 6. The van der Waals surface area contributed by atoms with Gasteiger partial charge in [-0.2, -0.15) is 0 Å². The van der Waals surface area contributed by atoms with E-state index in [0.717, 1.165) is 51.4 Å². The Morgan fingerprint density at radius 3 is 2.85 bits per heavy atom. The summed E-state index contributed by atoms with van der Waals surface area (Å²) < 4.78 is 4.86. The van der Waals surface area contributed by atoms with Gasteiger partial charge in [-0.1, -0.05) is 11.3 Å². The Hall–Kier alpha value is -4.48. The molecule has 1 atom stereocenters. The summed E-state index contributed by atoms with van der Waals surface area (Å²) in [5, 5.41) is 26.3. The number of nitrogens with zero attached hydrogens (tertiary/aromatic N) is 5. The molecule has 1 aliphatic carbocycles. The minimum Gasteiger partial charge on any atom is -0.465 e. The molecule has 3 N–H and O–H groups in total. The fraction of sp³-hybridized carbons (Fsp3) is 0.214. The molecule has 196 valence electrons. The molecule has 0 saturated heterocycles. The molecular weight excluding hydrogens is 514 g/mol. The zero-order chi connectivity index (χ0) is 27.0. The molecule has 0 radical (unpaired) electrons. The van der Waals surface area contributed by atoms with Crippen LogP contribution in [0.15, 0.2) is 61.1 Å². The normalized spacial score (nSPS) is 16.5. The number of anilines is 2. The molecule has 0 aliphatic heterocycles. The van der Waals surface area contributed by atoms with E-state index in [1.165, 1.54) is 18.4 Å². The van der Waals surface area contributed by atoms with Crippen LogP contribution >= 0.6 is 11.3 Å². The first-order chi connectivity index (χ1) is 18.9. The molecule has 0 spiro atoms. The van der Waals surface area contributed by atoms with Gasteiger partial charge in [0.05, 0.1) is 23.2 Å². The third-order valence-corrected chi connectivity index (χ3v) is 7.94. The highest BCUT2D eigenvalue weighted by Crippen LogP contribution is 2.43. The van der Waals surface area contributed by atoms with E-state index in [2.05, 4.69) is 30.7 Å². The first-order valence-corrected chi connectivity index (χ1v) is 13.2. The number of rotatable bonds is 6. The molecule has 4 aromatic heterocycles. The molecule has 1 aliphatic rings. The maximum Gasteiger partial charge on any atom is 0.337 e. The molecule has 4 heterocycles. The number of methoxy groups -OCH3 is 1. The molecule has 0 saturated carbocycles. The highest BCUT2D eigenvalue weighted by Gasteiger charge is 2.39. The van der Waals surface area contributed by atoms with Crippen molar-refractivity contribution in [1.29, 1.82) is 0 Å². The van der Waals surface area contributed by atoms with Crippen LogP contribution in [0.4, 0.5) is 11.6 Å². The van der Waals surface area contributed by atoms with Gasteiger partial charge >= 0.3 is 5.97 Å². The van der Waals surface area contributed by atoms with E-state index in [0.29, 0.717) is 28.6 Å². The van der Waals surface area contributed by atoms with E-state index in [4.69, 9.17) is 9.72 Å². The van der Waals surface area contributed by atoms with Crippen molar-refractivity contribution in [2.45, 2.75) is 31.8 Å². The number of fused-ring (bicyclic) bond motifs is 1. The number of benzene rings is 1. The second kappa shape index (κ2) is 10.0. The lowest BCUT2D eigenvalue weighted by Crippen LogP contribution is -2.32. The fourth-order valence-corrected chi connectivity index (χ4v) is 5.92. The van der Waals surface area contributed by atoms with E-state index in [9.17, 15) is 9.90 Å². The van der Waals surface area contributed by atoms with Gasteiger partial charge in [0.25, 0.3) is 0 Å². The van der Waals surface area contributed by atoms with Gasteiger partial charge in [-0.3, -0.25) is 5.10 Å². The zero-order valence-corrected chi connectivity index (χ0v) is 22.1. The number of ether oxygens (including phenoxy) is 1. The third kappa shape index (κ3) is 4.77. The second-order valence-electron chi connectivity index (χ2n) is 9.44. The quantitative estimate of drug-likeness (QED) is 0.260. The second-order valence-corrected chi connectivity index (χ2v) is 10.5. The lowest BCUT2D eigenvalue weighted by atomic mass is 9.79. The molecule has 6 rings (SSSR count). The van der Waals surface area contributed by atoms with Crippen LogP contribution in [0.2, 0.25) is 0 Å². The molecular formula is C28H25N7O3S. The number of aromatic amines is 1. The van der Waals surface area contributed by atoms with Crippen LogP contribution < -0.4 is 5.32 Å². The van der Waals surface area contributed by atoms with Gasteiger partial charge in [0, 0.05) is 24.2 Å². The Balaban J connectivity index is 1.29. The number of hydrogen-bond acceptors (Lipinski definition) is 10. The van der Waals surface area contributed by atoms with Crippen molar-refractivity contribution in [1.82, 2.24) is 30.4 Å². The number of carbonyl (C=O) groups excluding carboxylic acids is 1. The molecule has 0 amide bonds. The van der Waals surface area contributed by atoms with Gasteiger partial charge in [-0.25, -0.2) is 19.7 Å². The summed E-state index contributed by atoms with van der Waals surface area (Å²) in [6.45, 7) is 2.00. The van der Waals surface area contributed by atoms with E-state index in [1.54, 1.807) is 24.7 Å². The van der Waals surface area contributed by atoms with Crippen LogP contribution in [-0.2, 0) is 16.8 Å². The van der Waals surface area contributed by atoms with Crippen molar-refractivity contribution >= 4 is 28.9 Å². The Labute approximate surface area is 228 Å². The summed E-state index contributed by atoms with van der Waals surface area (Å²) in [4.78, 5) is 26.7. The highest BCUT2D eigenvalue weighted by molar-refractivity contribution is 7.15. The third-order valence-electron chi connectivity index (χ3n) is 6.77. The Bertz CT molecular complexity index is 1670. The Morgan fingerprint density at radius 2 is 2.03 bits per heavy atom. The monoisotopic (exact) mass is 539 g/mol. The molecule has 0 unspecified atom stereocenters. The lowest BCUT2D eigenvalue weighted by Gasteiger charge is -2.33. The topological polar surface area (TPSA) is 139 Å². The summed E-state index contributed by atoms with van der Waals surface area (Å²) in [6.07, 6.45) is 7.28. The van der Waals surface area contributed by atoms with Gasteiger partial charge in [0.1, 0.15) is 27.9 Å². The zero-order valence-electron chi connectivity index (χ0n) is 21.3. The number of esters is 1. The molecule has 11 heteroatoms. The lowest BCUT2D eigenvalue weighted by molar-refractivity contribution is 0.0583. The SMILES string of the molecule is COC(=O)c1ccc2c(c1)CCC[C@]2(O)c1ncc(-c2cc(C)cc(Nc3cc(-c4c[nH]nn4)ccn3)n2)s1. The summed E-state index contributed by atoms with van der Waals surface area (Å²) in [6, 6.07) is 13.0. The van der Waals surface area contributed by atoms with Crippen molar-refractivity contribution in [2.75, 3.05) is 12.4 Å². The number of nitrogens with one attached hydrogen (secondary N) is 2. The smallest absolute Gasteiger partial charge is 0.337 e. The molecule has 0 fully saturated rings. The van der Waals surface area contributed by atoms with E-state index >= 15 is 0 Å². The van der Waals surface area contributed by atoms with E-state index in [-0.39, 0.29) is 0 Å². The predicted octanol–water partition coefficient (Wildman–Crippen LogP) is 4.80. The molecule has 10 nitrogen and oxygen atoms in total. The minimum atomic E-state index is -1.23. The summed E-state index contributed by atoms with van der Waals surface area (Å²) in [5.74, 6) is 0.879. The van der Waals surface area contributed by atoms with Crippen molar-refractivity contribution in [3.8, 4) is 21.8 Å². The van der Waals surface area contributed by atoms with Crippen LogP contribution in [0.5, 0.6) is 0 Å². The van der Waals surface area contributed by atoms with Gasteiger partial charge in [-0.15, -0.1) is 16.4 Å². The van der Waals surface area contributed by atoms with Gasteiger partial charge in [0.2, 0.25) is 0 Å². The van der Waals surface area contributed by atoms with Crippen LogP contribution in [0.25, 0.3) is 21.8 Å². The van der Waals surface area contributed by atoms with Crippen LogP contribution in [-0.4, -0.2) is 48.5 Å². The number of pyridine rings is 2. The number of hydrogen-bond donors (Lipinski definition) is 3. The molecule has 39 heavy (non-hydrogen) atoms. The van der Waals surface area contributed by atoms with Crippen molar-refractivity contribution in [3.05, 3.63) is 88.3 Å². The van der Waals surface area contributed by atoms with Crippen LogP contribution in [0.1, 0.15) is 44.9 Å². The first-order valence-electron chi connectivity index (χ1n) is 12.4. The fourth-order valence-electron chi connectivity index (χ4n) is 4.91. The standard InChI is InChI=1S/C28H25N7O3S/c1-16-10-21(32-25(11-16)33-24-13-18(7-9-29-24)22-14-31-35-34-22)23-15-30-27(39-23)28(37)8-3-4-17-12-19(26(36)38-2)5-6-20(17)28/h5-7,9-15,37H,3-4,8H2,1-2H3,(H,29,32,33)(H,31,34,35)/t28-/m1/s1. The number of H-pyrrole nitrogens is 1. The Morgan fingerprint density at radius 1 is 1.13 bits per heavy atom. The van der Waals surface area contributed by atoms with Gasteiger partial charge in [-0.05, 0) is 79.3 Å². The molecule has 1 aromatic carbocycles. The highest BCUT2D eigenvalue weighted by atomic mass is 32.1. The maximum atomic E-state index is 12.0. The maximum absolute atomic E-state index is 12.0. The predicted molar refractivity (Wildman–Crippen MR) is 147 cm³/mol. The number of carbonyl (C=O) groups is 1. The van der Waals surface area contributed by atoms with Gasteiger partial charge < -0.3 is 15.2 Å². The summed E-state index contributed by atoms with van der Waals surface area (Å²) in [5.41, 5.74) is 4.31. The van der Waals surface area contributed by atoms with Crippen molar-refractivity contribution < 1.29 is 14.6 Å². The number of aliphatic hydroxyl groups is 1. The first kappa shape index (κ1) is 24.8. The number of aryl methyl sites for hydroxylation is 2. The minimum absolute atomic E-state index is 0.390. The summed E-state index contributed by atoms with van der Waals surface area (Å²) >= 11 is 1.42. The average Bonchev–Trinajstić information content (AvgIpc) is 3.66. The molecule has 0 bridgehead atoms. The van der Waals surface area contributed by atoms with Crippen molar-refractivity contribution in [2.24, 2.45) is 0 Å². The average molecular weight is 540 g/mol. The summed E-state index contributed by atoms with van der Waals surface area (Å²) in [7, 11) is 1.36.